The molecule has 3 nitrogen and oxygen atoms in total. The van der Waals surface area contributed by atoms with E-state index in [4.69, 9.17) is 0 Å². The monoisotopic (exact) mass is 281 g/mol. The summed E-state index contributed by atoms with van der Waals surface area (Å²) in [5, 5.41) is 3.64. The van der Waals surface area contributed by atoms with Gasteiger partial charge in [0.1, 0.15) is 0 Å². The second-order valence-corrected chi connectivity index (χ2v) is 5.79. The standard InChI is InChI=1S/C18H23N3/c1-14-8-3-4-9-16(14)15(2)20-17-10-7-11-19-18(17)21-12-5-6-13-21/h3-4,7-11,15,20H,5-6,12-13H2,1-2H3. The third-order valence-corrected chi connectivity index (χ3v) is 4.22. The maximum absolute atomic E-state index is 4.59. The van der Waals surface area contributed by atoms with Crippen molar-refractivity contribution < 1.29 is 0 Å². The Morgan fingerprint density at radius 3 is 2.62 bits per heavy atom. The Labute approximate surface area is 127 Å². The minimum atomic E-state index is 0.275. The van der Waals surface area contributed by atoms with Crippen LogP contribution >= 0.6 is 0 Å². The van der Waals surface area contributed by atoms with E-state index < -0.39 is 0 Å². The van der Waals surface area contributed by atoms with Crippen LogP contribution in [-0.2, 0) is 0 Å². The summed E-state index contributed by atoms with van der Waals surface area (Å²) in [5.41, 5.74) is 3.80. The van der Waals surface area contributed by atoms with Gasteiger partial charge in [-0.15, -0.1) is 0 Å². The lowest BCUT2D eigenvalue weighted by molar-refractivity contribution is 0.863. The number of pyridine rings is 1. The molecular formula is C18H23N3. The molecule has 0 radical (unpaired) electrons. The molecule has 1 aliphatic rings. The van der Waals surface area contributed by atoms with Crippen LogP contribution in [0, 0.1) is 6.92 Å². The highest BCUT2D eigenvalue weighted by Crippen LogP contribution is 2.30. The minimum Gasteiger partial charge on any atom is -0.376 e. The fraction of sp³-hybridized carbons (Fsp3) is 0.389. The number of aryl methyl sites for hydroxylation is 1. The molecule has 0 bridgehead atoms. The summed E-state index contributed by atoms with van der Waals surface area (Å²) in [6.45, 7) is 6.61. The highest BCUT2D eigenvalue weighted by atomic mass is 15.2. The van der Waals surface area contributed by atoms with E-state index in [1.807, 2.05) is 12.3 Å². The van der Waals surface area contributed by atoms with Crippen LogP contribution in [0.25, 0.3) is 0 Å². The van der Waals surface area contributed by atoms with Gasteiger partial charge in [0.05, 0.1) is 5.69 Å². The molecule has 1 aliphatic heterocycles. The van der Waals surface area contributed by atoms with E-state index in [-0.39, 0.29) is 6.04 Å². The summed E-state index contributed by atoms with van der Waals surface area (Å²) in [5.74, 6) is 1.09. The first-order valence-corrected chi connectivity index (χ1v) is 7.78. The molecule has 110 valence electrons. The van der Waals surface area contributed by atoms with Crippen molar-refractivity contribution in [1.29, 1.82) is 0 Å². The summed E-state index contributed by atoms with van der Waals surface area (Å²) in [6.07, 6.45) is 4.42. The first kappa shape index (κ1) is 13.9. The van der Waals surface area contributed by atoms with Crippen molar-refractivity contribution in [3.63, 3.8) is 0 Å². The lowest BCUT2D eigenvalue weighted by Crippen LogP contribution is -2.21. The second kappa shape index (κ2) is 6.17. The lowest BCUT2D eigenvalue weighted by atomic mass is 10.0. The third-order valence-electron chi connectivity index (χ3n) is 4.22. The van der Waals surface area contributed by atoms with Crippen LogP contribution in [0.3, 0.4) is 0 Å². The molecule has 1 aromatic heterocycles. The maximum atomic E-state index is 4.59. The van der Waals surface area contributed by atoms with Gasteiger partial charge in [-0.25, -0.2) is 4.98 Å². The molecular weight excluding hydrogens is 258 g/mol. The molecule has 1 saturated heterocycles. The van der Waals surface area contributed by atoms with E-state index >= 15 is 0 Å². The Bertz CT molecular complexity index is 603. The zero-order chi connectivity index (χ0) is 14.7. The molecule has 1 N–H and O–H groups in total. The summed E-state index contributed by atoms with van der Waals surface area (Å²) in [7, 11) is 0. The summed E-state index contributed by atoms with van der Waals surface area (Å²) >= 11 is 0. The molecule has 2 aromatic rings. The van der Waals surface area contributed by atoms with Crippen molar-refractivity contribution >= 4 is 11.5 Å². The molecule has 0 aliphatic carbocycles. The van der Waals surface area contributed by atoms with Crippen LogP contribution in [-0.4, -0.2) is 18.1 Å². The van der Waals surface area contributed by atoms with Gasteiger partial charge in [-0.05, 0) is 49.9 Å². The van der Waals surface area contributed by atoms with Gasteiger partial charge < -0.3 is 10.2 Å². The lowest BCUT2D eigenvalue weighted by Gasteiger charge is -2.24. The Morgan fingerprint density at radius 1 is 1.10 bits per heavy atom. The van der Waals surface area contributed by atoms with Gasteiger partial charge in [0.2, 0.25) is 0 Å². The second-order valence-electron chi connectivity index (χ2n) is 5.79. The van der Waals surface area contributed by atoms with E-state index in [0.29, 0.717) is 0 Å². The number of benzene rings is 1. The normalized spacial score (nSPS) is 16.0. The van der Waals surface area contributed by atoms with Gasteiger partial charge in [-0.1, -0.05) is 24.3 Å². The average Bonchev–Trinajstić information content (AvgIpc) is 3.02. The number of hydrogen-bond acceptors (Lipinski definition) is 3. The molecule has 1 aromatic carbocycles. The van der Waals surface area contributed by atoms with E-state index in [1.54, 1.807) is 0 Å². The number of nitrogens with one attached hydrogen (secondary N) is 1. The van der Waals surface area contributed by atoms with Gasteiger partial charge in [-0.2, -0.15) is 0 Å². The van der Waals surface area contributed by atoms with Gasteiger partial charge in [0, 0.05) is 25.3 Å². The van der Waals surface area contributed by atoms with Crippen LogP contribution < -0.4 is 10.2 Å². The summed E-state index contributed by atoms with van der Waals surface area (Å²) in [4.78, 5) is 6.98. The van der Waals surface area contributed by atoms with Gasteiger partial charge >= 0.3 is 0 Å². The number of nitrogens with zero attached hydrogens (tertiary/aromatic N) is 2. The Kier molecular flexibility index (Phi) is 4.09. The Morgan fingerprint density at radius 2 is 1.86 bits per heavy atom. The van der Waals surface area contributed by atoms with Crippen LogP contribution in [0.5, 0.6) is 0 Å². The van der Waals surface area contributed by atoms with Crippen molar-refractivity contribution in [3.8, 4) is 0 Å². The van der Waals surface area contributed by atoms with Crippen molar-refractivity contribution in [2.45, 2.75) is 32.7 Å². The fourth-order valence-electron chi connectivity index (χ4n) is 3.07. The van der Waals surface area contributed by atoms with Crippen molar-refractivity contribution in [2.75, 3.05) is 23.3 Å². The fourth-order valence-corrected chi connectivity index (χ4v) is 3.07. The minimum absolute atomic E-state index is 0.275. The first-order chi connectivity index (χ1) is 10.3. The number of rotatable bonds is 4. The molecule has 2 heterocycles. The number of hydrogen-bond donors (Lipinski definition) is 1. The highest BCUT2D eigenvalue weighted by molar-refractivity contribution is 5.66. The van der Waals surface area contributed by atoms with Crippen LogP contribution in [0.1, 0.15) is 36.9 Å². The quantitative estimate of drug-likeness (QED) is 0.912. The predicted octanol–water partition coefficient (Wildman–Crippen LogP) is 4.16. The molecule has 1 atom stereocenters. The van der Waals surface area contributed by atoms with Crippen LogP contribution in [0.2, 0.25) is 0 Å². The first-order valence-electron chi connectivity index (χ1n) is 7.78. The van der Waals surface area contributed by atoms with E-state index in [0.717, 1.165) is 24.6 Å². The molecule has 3 rings (SSSR count). The molecule has 3 heteroatoms. The molecule has 0 saturated carbocycles. The van der Waals surface area contributed by atoms with Crippen LogP contribution in [0.4, 0.5) is 11.5 Å². The third kappa shape index (κ3) is 3.02. The van der Waals surface area contributed by atoms with Gasteiger partial charge in [-0.3, -0.25) is 0 Å². The van der Waals surface area contributed by atoms with Gasteiger partial charge in [0.25, 0.3) is 0 Å². The SMILES string of the molecule is Cc1ccccc1C(C)Nc1cccnc1N1CCCC1. The van der Waals surface area contributed by atoms with E-state index in [1.165, 1.54) is 24.0 Å². The molecule has 1 unspecified atom stereocenters. The molecule has 21 heavy (non-hydrogen) atoms. The van der Waals surface area contributed by atoms with Crippen molar-refractivity contribution in [1.82, 2.24) is 4.98 Å². The number of aromatic nitrogens is 1. The highest BCUT2D eigenvalue weighted by Gasteiger charge is 2.18. The summed E-state index contributed by atoms with van der Waals surface area (Å²) in [6, 6.07) is 13.0. The van der Waals surface area contributed by atoms with E-state index in [2.05, 4.69) is 59.4 Å². The van der Waals surface area contributed by atoms with Crippen molar-refractivity contribution in [2.24, 2.45) is 0 Å². The largest absolute Gasteiger partial charge is 0.376 e. The molecule has 1 fully saturated rings. The average molecular weight is 281 g/mol. The topological polar surface area (TPSA) is 28.2 Å². The van der Waals surface area contributed by atoms with Crippen molar-refractivity contribution in [3.05, 3.63) is 53.7 Å². The van der Waals surface area contributed by atoms with Crippen LogP contribution in [0.15, 0.2) is 42.6 Å². The molecule has 0 amide bonds. The smallest absolute Gasteiger partial charge is 0.151 e. The summed E-state index contributed by atoms with van der Waals surface area (Å²) < 4.78 is 0. The number of anilines is 2. The van der Waals surface area contributed by atoms with E-state index in [9.17, 15) is 0 Å². The zero-order valence-corrected chi connectivity index (χ0v) is 12.8. The Hall–Kier alpha value is -2.03. The maximum Gasteiger partial charge on any atom is 0.151 e. The predicted molar refractivity (Wildman–Crippen MR) is 88.9 cm³/mol. The Balaban J connectivity index is 1.83. The molecule has 0 spiro atoms. The van der Waals surface area contributed by atoms with Gasteiger partial charge in [0.15, 0.2) is 5.82 Å². The zero-order valence-electron chi connectivity index (χ0n) is 12.8.